The third-order valence-corrected chi connectivity index (χ3v) is 14.2. The molecule has 0 saturated carbocycles. The first kappa shape index (κ1) is 30.0. The molecule has 6 nitrogen and oxygen atoms in total. The van der Waals surface area contributed by atoms with Crippen LogP contribution in [0.15, 0.2) is 71.6 Å². The van der Waals surface area contributed by atoms with Gasteiger partial charge in [-0.05, 0) is 47.7 Å². The highest BCUT2D eigenvalue weighted by Gasteiger charge is 2.47. The van der Waals surface area contributed by atoms with Gasteiger partial charge in [0.1, 0.15) is 6.10 Å². The van der Waals surface area contributed by atoms with Crippen LogP contribution in [0.5, 0.6) is 0 Å². The quantitative estimate of drug-likeness (QED) is 0.257. The van der Waals surface area contributed by atoms with Crippen molar-refractivity contribution in [2.45, 2.75) is 88.6 Å². The maximum absolute atomic E-state index is 13.4. The fourth-order valence-electron chi connectivity index (χ4n) is 4.92. The molecule has 0 fully saturated rings. The van der Waals surface area contributed by atoms with Crippen molar-refractivity contribution in [3.8, 4) is 0 Å². The van der Waals surface area contributed by atoms with Crippen LogP contribution in [-0.4, -0.2) is 33.9 Å². The molecule has 36 heavy (non-hydrogen) atoms. The lowest BCUT2D eigenvalue weighted by atomic mass is 10.1. The Labute approximate surface area is 218 Å². The molecule has 0 unspecified atom stereocenters. The molecule has 0 saturated heterocycles. The van der Waals surface area contributed by atoms with E-state index in [0.29, 0.717) is 0 Å². The van der Waals surface area contributed by atoms with Crippen molar-refractivity contribution < 1.29 is 22.7 Å². The average Bonchev–Trinajstić information content (AvgIpc) is 2.80. The van der Waals surface area contributed by atoms with Crippen molar-refractivity contribution in [2.75, 3.05) is 0 Å². The third kappa shape index (κ3) is 7.38. The number of hydrogen-bond acceptors (Lipinski definition) is 5. The standard InChI is InChI=1S/C28H41NO5SSi/c1-20(2)36(21(3)4,22(5)6)34-27(15-11-14-26(30)24-12-9-8-10-13-24)28(31)29-35(32,33)25-18-16-23(7)17-19-25/h8-13,15-22,26-27,30H,14H2,1-7H3,(H,29,31)/b15-11+/t26-,27-/m0/s1. The summed E-state index contributed by atoms with van der Waals surface area (Å²) in [5, 5.41) is 10.5. The number of carbonyl (C=O) groups is 1. The Morgan fingerprint density at radius 3 is 1.97 bits per heavy atom. The van der Waals surface area contributed by atoms with E-state index in [0.717, 1.165) is 11.1 Å². The molecule has 0 bridgehead atoms. The van der Waals surface area contributed by atoms with E-state index in [-0.39, 0.29) is 27.9 Å². The number of aryl methyl sites for hydroxylation is 1. The number of aliphatic hydroxyl groups excluding tert-OH is 1. The molecular formula is C28H41NO5SSi. The summed E-state index contributed by atoms with van der Waals surface area (Å²) in [6.45, 7) is 14.5. The van der Waals surface area contributed by atoms with Gasteiger partial charge in [-0.1, -0.05) is 102 Å². The Kier molecular flexibility index (Phi) is 10.7. The monoisotopic (exact) mass is 531 g/mol. The van der Waals surface area contributed by atoms with Gasteiger partial charge < -0.3 is 9.53 Å². The van der Waals surface area contributed by atoms with Crippen molar-refractivity contribution in [2.24, 2.45) is 0 Å². The molecule has 8 heteroatoms. The van der Waals surface area contributed by atoms with E-state index in [1.807, 2.05) is 37.3 Å². The Morgan fingerprint density at radius 2 is 1.47 bits per heavy atom. The largest absolute Gasteiger partial charge is 0.401 e. The lowest BCUT2D eigenvalue weighted by Crippen LogP contribution is -2.53. The van der Waals surface area contributed by atoms with E-state index in [1.165, 1.54) is 12.1 Å². The molecule has 2 aromatic carbocycles. The van der Waals surface area contributed by atoms with Crippen molar-refractivity contribution in [1.82, 2.24) is 4.72 Å². The number of aliphatic hydroxyl groups is 1. The molecule has 198 valence electrons. The summed E-state index contributed by atoms with van der Waals surface area (Å²) in [7, 11) is -6.60. The zero-order chi connectivity index (χ0) is 27.1. The van der Waals surface area contributed by atoms with Crippen LogP contribution in [-0.2, 0) is 19.2 Å². The summed E-state index contributed by atoms with van der Waals surface area (Å²) in [5.41, 5.74) is 2.28. The van der Waals surface area contributed by atoms with E-state index >= 15 is 0 Å². The fraction of sp³-hybridized carbons (Fsp3) is 0.464. The first-order chi connectivity index (χ1) is 16.8. The Balaban J connectivity index is 2.37. The molecule has 1 amide bonds. The zero-order valence-corrected chi connectivity index (χ0v) is 24.2. The van der Waals surface area contributed by atoms with E-state index in [2.05, 4.69) is 46.3 Å². The summed E-state index contributed by atoms with van der Waals surface area (Å²) >= 11 is 0. The molecule has 0 radical (unpaired) electrons. The third-order valence-electron chi connectivity index (χ3n) is 6.72. The molecule has 0 aromatic heterocycles. The summed E-state index contributed by atoms with van der Waals surface area (Å²) < 4.78 is 34.8. The number of rotatable bonds is 12. The minimum atomic E-state index is -4.07. The van der Waals surface area contributed by atoms with Crippen LogP contribution in [0.1, 0.15) is 65.2 Å². The minimum Gasteiger partial charge on any atom is -0.401 e. The molecule has 2 aromatic rings. The second-order valence-corrected chi connectivity index (χ2v) is 17.3. The van der Waals surface area contributed by atoms with Gasteiger partial charge in [0, 0.05) is 0 Å². The summed E-state index contributed by atoms with van der Waals surface area (Å²) in [4.78, 5) is 13.4. The van der Waals surface area contributed by atoms with Crippen LogP contribution >= 0.6 is 0 Å². The minimum absolute atomic E-state index is 0.0174. The molecule has 0 aliphatic heterocycles. The Bertz CT molecular complexity index is 1090. The van der Waals surface area contributed by atoms with Crippen LogP contribution in [0.3, 0.4) is 0 Å². The Hall–Kier alpha value is -2.26. The van der Waals surface area contributed by atoms with Gasteiger partial charge in [0.15, 0.2) is 0 Å². The van der Waals surface area contributed by atoms with E-state index in [1.54, 1.807) is 24.3 Å². The molecule has 2 atom stereocenters. The molecule has 0 heterocycles. The molecular weight excluding hydrogens is 490 g/mol. The number of benzene rings is 2. The predicted molar refractivity (Wildman–Crippen MR) is 148 cm³/mol. The lowest BCUT2D eigenvalue weighted by Gasteiger charge is -2.43. The van der Waals surface area contributed by atoms with Crippen molar-refractivity contribution in [3.05, 3.63) is 77.9 Å². The van der Waals surface area contributed by atoms with Crippen LogP contribution in [0.25, 0.3) is 0 Å². The van der Waals surface area contributed by atoms with E-state index in [9.17, 15) is 18.3 Å². The summed E-state index contributed by atoms with van der Waals surface area (Å²) in [6.07, 6.45) is 1.69. The molecule has 2 rings (SSSR count). The number of hydrogen-bond donors (Lipinski definition) is 2. The van der Waals surface area contributed by atoms with Gasteiger partial charge in [0.05, 0.1) is 11.0 Å². The highest BCUT2D eigenvalue weighted by Crippen LogP contribution is 2.43. The first-order valence-electron chi connectivity index (χ1n) is 12.5. The van der Waals surface area contributed by atoms with Crippen molar-refractivity contribution in [3.63, 3.8) is 0 Å². The second kappa shape index (κ2) is 12.8. The van der Waals surface area contributed by atoms with Gasteiger partial charge in [0.25, 0.3) is 15.9 Å². The lowest BCUT2D eigenvalue weighted by molar-refractivity contribution is -0.124. The maximum atomic E-state index is 13.4. The van der Waals surface area contributed by atoms with Gasteiger partial charge in [-0.3, -0.25) is 4.79 Å². The molecule has 0 aliphatic rings. The number of amides is 1. The first-order valence-corrected chi connectivity index (χ1v) is 16.1. The second-order valence-electron chi connectivity index (χ2n) is 10.2. The Morgan fingerprint density at radius 1 is 0.944 bits per heavy atom. The number of carbonyl (C=O) groups excluding carboxylic acids is 1. The highest BCUT2D eigenvalue weighted by atomic mass is 32.2. The van der Waals surface area contributed by atoms with E-state index < -0.39 is 36.5 Å². The summed E-state index contributed by atoms with van der Waals surface area (Å²) in [6, 6.07) is 15.6. The van der Waals surface area contributed by atoms with Gasteiger partial charge in [0.2, 0.25) is 8.32 Å². The molecule has 0 spiro atoms. The van der Waals surface area contributed by atoms with Gasteiger partial charge >= 0.3 is 0 Å². The molecule has 2 N–H and O–H groups in total. The van der Waals surface area contributed by atoms with Crippen LogP contribution in [0, 0.1) is 6.92 Å². The van der Waals surface area contributed by atoms with Crippen molar-refractivity contribution in [1.29, 1.82) is 0 Å². The van der Waals surface area contributed by atoms with Crippen LogP contribution in [0.2, 0.25) is 16.6 Å². The highest BCUT2D eigenvalue weighted by molar-refractivity contribution is 7.90. The van der Waals surface area contributed by atoms with Gasteiger partial charge in [-0.2, -0.15) is 0 Å². The maximum Gasteiger partial charge on any atom is 0.265 e. The van der Waals surface area contributed by atoms with E-state index in [4.69, 9.17) is 4.43 Å². The number of nitrogens with one attached hydrogen (secondary N) is 1. The summed E-state index contributed by atoms with van der Waals surface area (Å²) in [5.74, 6) is -0.736. The van der Waals surface area contributed by atoms with Gasteiger partial charge in [-0.15, -0.1) is 0 Å². The normalized spacial score (nSPS) is 14.5. The number of sulfonamides is 1. The van der Waals surface area contributed by atoms with Gasteiger partial charge in [-0.25, -0.2) is 13.1 Å². The van der Waals surface area contributed by atoms with Crippen LogP contribution in [0.4, 0.5) is 0 Å². The SMILES string of the molecule is Cc1ccc(S(=O)(=O)NC(=O)[C@H](/C=C/C[C@H](O)c2ccccc2)O[Si](C(C)C)(C(C)C)C(C)C)cc1. The van der Waals surface area contributed by atoms with Crippen LogP contribution < -0.4 is 4.72 Å². The van der Waals surface area contributed by atoms with Crippen molar-refractivity contribution >= 4 is 24.2 Å². The topological polar surface area (TPSA) is 92.7 Å². The smallest absolute Gasteiger partial charge is 0.265 e. The zero-order valence-electron chi connectivity index (χ0n) is 22.4. The fourth-order valence-corrected chi connectivity index (χ4v) is 11.4. The molecule has 0 aliphatic carbocycles. The predicted octanol–water partition coefficient (Wildman–Crippen LogP) is 6.04. The average molecular weight is 532 g/mol.